The van der Waals surface area contributed by atoms with Crippen molar-refractivity contribution in [3.05, 3.63) is 22.7 Å². The molecule has 1 aromatic rings. The smallest absolute Gasteiger partial charge is 0.0611 e. The van der Waals surface area contributed by atoms with Crippen LogP contribution < -0.4 is 10.6 Å². The lowest BCUT2D eigenvalue weighted by Crippen LogP contribution is -2.26. The minimum atomic E-state index is 0.384. The van der Waals surface area contributed by atoms with Gasteiger partial charge in [-0.3, -0.25) is 0 Å². The number of nitrogen functional groups attached to an aromatic ring is 1. The third-order valence-corrected chi connectivity index (χ3v) is 4.24. The first-order valence-electron chi connectivity index (χ1n) is 6.18. The lowest BCUT2D eigenvalue weighted by molar-refractivity contribution is 0.263. The van der Waals surface area contributed by atoms with E-state index in [-0.39, 0.29) is 0 Å². The minimum absolute atomic E-state index is 0.384. The van der Waals surface area contributed by atoms with Gasteiger partial charge in [0.1, 0.15) is 0 Å². The van der Waals surface area contributed by atoms with Crippen LogP contribution in [0.3, 0.4) is 0 Å². The maximum absolute atomic E-state index is 6.06. The van der Waals surface area contributed by atoms with Crippen molar-refractivity contribution in [1.29, 1.82) is 0 Å². The number of anilines is 2. The molecule has 0 radical (unpaired) electrons. The number of nitrogens with zero attached hydrogens (tertiary/aromatic N) is 1. The third kappa shape index (κ3) is 2.76. The van der Waals surface area contributed by atoms with Gasteiger partial charge in [-0.15, -0.1) is 0 Å². The fourth-order valence-electron chi connectivity index (χ4n) is 2.48. The van der Waals surface area contributed by atoms with E-state index in [0.29, 0.717) is 5.41 Å². The molecule has 0 aliphatic carbocycles. The molecule has 94 valence electrons. The monoisotopic (exact) mass is 296 g/mol. The highest BCUT2D eigenvalue weighted by Gasteiger charge is 2.32. The first-order valence-corrected chi connectivity index (χ1v) is 6.97. The molecule has 0 spiro atoms. The Morgan fingerprint density at radius 2 is 2.06 bits per heavy atom. The number of hydrogen-bond donors (Lipinski definition) is 1. The average Bonchev–Trinajstić information content (AvgIpc) is 2.70. The quantitative estimate of drug-likeness (QED) is 0.796. The van der Waals surface area contributed by atoms with Crippen LogP contribution in [0.25, 0.3) is 0 Å². The van der Waals surface area contributed by atoms with Gasteiger partial charge in [0.2, 0.25) is 0 Å². The van der Waals surface area contributed by atoms with E-state index >= 15 is 0 Å². The van der Waals surface area contributed by atoms with E-state index < -0.39 is 0 Å². The van der Waals surface area contributed by atoms with Crippen molar-refractivity contribution in [3.8, 4) is 0 Å². The second-order valence-electron chi connectivity index (χ2n) is 6.00. The van der Waals surface area contributed by atoms with Gasteiger partial charge in [-0.2, -0.15) is 0 Å². The Morgan fingerprint density at radius 1 is 1.35 bits per heavy atom. The number of rotatable bonds is 1. The molecular weight excluding hydrogens is 276 g/mol. The molecule has 17 heavy (non-hydrogen) atoms. The van der Waals surface area contributed by atoms with Crippen LogP contribution in [0.1, 0.15) is 27.2 Å². The standard InChI is InChI=1S/C14H21BrN2/c1-14(2,3)10-6-7-17(9-10)13-8-11(15)4-5-12(13)16/h4-5,8,10H,6-7,9,16H2,1-3H3. The van der Waals surface area contributed by atoms with Crippen LogP contribution in [0.2, 0.25) is 0 Å². The van der Waals surface area contributed by atoms with Crippen LogP contribution in [-0.4, -0.2) is 13.1 Å². The van der Waals surface area contributed by atoms with Crippen LogP contribution in [0.15, 0.2) is 22.7 Å². The molecule has 1 aliphatic heterocycles. The molecule has 2 rings (SSSR count). The van der Waals surface area contributed by atoms with Crippen LogP contribution in [0, 0.1) is 11.3 Å². The zero-order valence-electron chi connectivity index (χ0n) is 10.8. The lowest BCUT2D eigenvalue weighted by Gasteiger charge is -2.28. The lowest BCUT2D eigenvalue weighted by atomic mass is 9.80. The highest BCUT2D eigenvalue weighted by molar-refractivity contribution is 9.10. The summed E-state index contributed by atoms with van der Waals surface area (Å²) >= 11 is 3.52. The first-order chi connectivity index (χ1) is 7.88. The number of benzene rings is 1. The van der Waals surface area contributed by atoms with Gasteiger partial charge in [-0.1, -0.05) is 36.7 Å². The number of nitrogens with two attached hydrogens (primary N) is 1. The molecule has 1 aromatic carbocycles. The summed E-state index contributed by atoms with van der Waals surface area (Å²) in [5.74, 6) is 0.751. The van der Waals surface area contributed by atoms with Crippen molar-refractivity contribution in [2.45, 2.75) is 27.2 Å². The predicted octanol–water partition coefficient (Wildman–Crippen LogP) is 3.90. The zero-order chi connectivity index (χ0) is 12.6. The fourth-order valence-corrected chi connectivity index (χ4v) is 2.83. The Bertz CT molecular complexity index is 409. The van der Waals surface area contributed by atoms with Gasteiger partial charge in [0.25, 0.3) is 0 Å². The summed E-state index contributed by atoms with van der Waals surface area (Å²) in [4.78, 5) is 2.41. The molecule has 1 heterocycles. The molecule has 0 aromatic heterocycles. The molecular formula is C14H21BrN2. The molecule has 1 saturated heterocycles. The summed E-state index contributed by atoms with van der Waals surface area (Å²) in [5, 5.41) is 0. The Kier molecular flexibility index (Phi) is 3.39. The van der Waals surface area contributed by atoms with Crippen LogP contribution >= 0.6 is 15.9 Å². The van der Waals surface area contributed by atoms with Gasteiger partial charge in [0.15, 0.2) is 0 Å². The first kappa shape index (κ1) is 12.7. The Morgan fingerprint density at radius 3 is 2.65 bits per heavy atom. The topological polar surface area (TPSA) is 29.3 Å². The van der Waals surface area contributed by atoms with Crippen molar-refractivity contribution < 1.29 is 0 Å². The Hall–Kier alpha value is -0.700. The largest absolute Gasteiger partial charge is 0.397 e. The summed E-state index contributed by atoms with van der Waals surface area (Å²) in [6.07, 6.45) is 1.26. The SMILES string of the molecule is CC(C)(C)C1CCN(c2cc(Br)ccc2N)C1. The maximum atomic E-state index is 6.06. The Labute approximate surface area is 112 Å². The van der Waals surface area contributed by atoms with E-state index in [1.807, 2.05) is 12.1 Å². The van der Waals surface area contributed by atoms with Gasteiger partial charge in [0, 0.05) is 17.6 Å². The summed E-state index contributed by atoms with van der Waals surface area (Å²) in [6.45, 7) is 9.20. The summed E-state index contributed by atoms with van der Waals surface area (Å²) < 4.78 is 1.10. The molecule has 2 N–H and O–H groups in total. The van der Waals surface area contributed by atoms with Crippen molar-refractivity contribution in [1.82, 2.24) is 0 Å². The molecule has 1 unspecified atom stereocenters. The Balaban J connectivity index is 2.18. The maximum Gasteiger partial charge on any atom is 0.0611 e. The summed E-state index contributed by atoms with van der Waals surface area (Å²) in [7, 11) is 0. The van der Waals surface area contributed by atoms with Gasteiger partial charge >= 0.3 is 0 Å². The molecule has 0 amide bonds. The van der Waals surface area contributed by atoms with Crippen molar-refractivity contribution in [2.75, 3.05) is 23.7 Å². The zero-order valence-corrected chi connectivity index (χ0v) is 12.4. The van der Waals surface area contributed by atoms with Crippen LogP contribution in [0.5, 0.6) is 0 Å². The van der Waals surface area contributed by atoms with E-state index in [2.05, 4.69) is 47.7 Å². The summed E-state index contributed by atoms with van der Waals surface area (Å²) in [5.41, 5.74) is 8.50. The van der Waals surface area contributed by atoms with Gasteiger partial charge < -0.3 is 10.6 Å². The van der Waals surface area contributed by atoms with E-state index in [4.69, 9.17) is 5.73 Å². The fraction of sp³-hybridized carbons (Fsp3) is 0.571. The van der Waals surface area contributed by atoms with Crippen molar-refractivity contribution in [3.63, 3.8) is 0 Å². The van der Waals surface area contributed by atoms with Crippen LogP contribution in [0.4, 0.5) is 11.4 Å². The minimum Gasteiger partial charge on any atom is -0.397 e. The predicted molar refractivity (Wildman–Crippen MR) is 78.3 cm³/mol. The van der Waals surface area contributed by atoms with Crippen molar-refractivity contribution >= 4 is 27.3 Å². The molecule has 1 aliphatic rings. The second-order valence-corrected chi connectivity index (χ2v) is 6.92. The van der Waals surface area contributed by atoms with E-state index in [9.17, 15) is 0 Å². The molecule has 3 heteroatoms. The number of hydrogen-bond acceptors (Lipinski definition) is 2. The average molecular weight is 297 g/mol. The second kappa shape index (κ2) is 4.52. The molecule has 0 saturated carbocycles. The molecule has 2 nitrogen and oxygen atoms in total. The van der Waals surface area contributed by atoms with Crippen LogP contribution in [-0.2, 0) is 0 Å². The third-order valence-electron chi connectivity index (χ3n) is 3.75. The highest BCUT2D eigenvalue weighted by atomic mass is 79.9. The van der Waals surface area contributed by atoms with Gasteiger partial charge in [-0.05, 0) is 36.0 Å². The van der Waals surface area contributed by atoms with Gasteiger partial charge in [-0.25, -0.2) is 0 Å². The number of halogens is 1. The molecule has 1 fully saturated rings. The molecule has 0 bridgehead atoms. The van der Waals surface area contributed by atoms with E-state index in [1.165, 1.54) is 12.1 Å². The molecule has 1 atom stereocenters. The van der Waals surface area contributed by atoms with Crippen molar-refractivity contribution in [2.24, 2.45) is 11.3 Å². The van der Waals surface area contributed by atoms with Gasteiger partial charge in [0.05, 0.1) is 11.4 Å². The van der Waals surface area contributed by atoms with E-state index in [0.717, 1.165) is 29.2 Å². The van der Waals surface area contributed by atoms with E-state index in [1.54, 1.807) is 0 Å². The highest BCUT2D eigenvalue weighted by Crippen LogP contribution is 2.37. The summed E-state index contributed by atoms with van der Waals surface area (Å²) in [6, 6.07) is 6.10. The normalized spacial score (nSPS) is 20.9.